The number of carbonyl (C=O) groups excluding carboxylic acids is 1. The molecule has 38 heavy (non-hydrogen) atoms. The summed E-state index contributed by atoms with van der Waals surface area (Å²) in [5, 5.41) is 5.44. The fraction of sp³-hybridized carbons (Fsp3) is 0.156. The molecule has 188 valence electrons. The first-order valence-electron chi connectivity index (χ1n) is 12.9. The van der Waals surface area contributed by atoms with Crippen molar-refractivity contribution < 1.29 is 4.79 Å². The van der Waals surface area contributed by atoms with Crippen LogP contribution in [-0.2, 0) is 6.54 Å². The van der Waals surface area contributed by atoms with Crippen LogP contribution in [0.5, 0.6) is 0 Å². The molecule has 1 saturated heterocycles. The van der Waals surface area contributed by atoms with E-state index in [0.29, 0.717) is 11.3 Å². The number of fused-ring (bicyclic) bond motifs is 1. The highest BCUT2D eigenvalue weighted by molar-refractivity contribution is 6.04. The van der Waals surface area contributed by atoms with Crippen LogP contribution in [0.1, 0.15) is 15.9 Å². The lowest BCUT2D eigenvalue weighted by molar-refractivity contribution is 0.102. The van der Waals surface area contributed by atoms with Crippen LogP contribution in [0.2, 0.25) is 0 Å². The predicted octanol–water partition coefficient (Wildman–Crippen LogP) is 5.87. The predicted molar refractivity (Wildman–Crippen MR) is 153 cm³/mol. The number of nitrogens with one attached hydrogen (secondary N) is 1. The van der Waals surface area contributed by atoms with E-state index in [0.717, 1.165) is 49.7 Å². The number of hydrogen-bond acceptors (Lipinski definition) is 5. The molecule has 3 heterocycles. The van der Waals surface area contributed by atoms with E-state index in [-0.39, 0.29) is 5.91 Å². The maximum atomic E-state index is 12.9. The van der Waals surface area contributed by atoms with Crippen LogP contribution in [0.4, 0.5) is 11.5 Å². The van der Waals surface area contributed by atoms with Gasteiger partial charge in [0.15, 0.2) is 0 Å². The van der Waals surface area contributed by atoms with E-state index >= 15 is 0 Å². The Morgan fingerprint density at radius 3 is 2.42 bits per heavy atom. The average Bonchev–Trinajstić information content (AvgIpc) is 2.99. The molecule has 1 amide bonds. The molecule has 1 aliphatic heterocycles. The normalized spacial score (nSPS) is 13.9. The number of rotatable bonds is 6. The molecule has 5 aromatic rings. The lowest BCUT2D eigenvalue weighted by Gasteiger charge is -2.35. The quantitative estimate of drug-likeness (QED) is 0.317. The summed E-state index contributed by atoms with van der Waals surface area (Å²) < 4.78 is 0. The highest BCUT2D eigenvalue weighted by Crippen LogP contribution is 2.23. The number of pyridine rings is 2. The van der Waals surface area contributed by atoms with Crippen molar-refractivity contribution in [3.63, 3.8) is 0 Å². The van der Waals surface area contributed by atoms with Crippen LogP contribution in [0.15, 0.2) is 110 Å². The van der Waals surface area contributed by atoms with Gasteiger partial charge in [0.2, 0.25) is 0 Å². The first-order valence-corrected chi connectivity index (χ1v) is 12.9. The Balaban J connectivity index is 1.05. The molecular weight excluding hydrogens is 470 g/mol. The third kappa shape index (κ3) is 5.26. The first-order chi connectivity index (χ1) is 18.7. The fourth-order valence-electron chi connectivity index (χ4n) is 5.02. The summed E-state index contributed by atoms with van der Waals surface area (Å²) in [6.07, 6.45) is 5.53. The van der Waals surface area contributed by atoms with Gasteiger partial charge in [-0.15, -0.1) is 0 Å². The largest absolute Gasteiger partial charge is 0.354 e. The number of benzene rings is 3. The SMILES string of the molecule is O=C(Nc1ccc(N2CCN(Cc3cccc4cnccc34)CC2)nc1)c1cccc(-c2ccccc2)c1. The van der Waals surface area contributed by atoms with Gasteiger partial charge in [-0.3, -0.25) is 14.7 Å². The van der Waals surface area contributed by atoms with Crippen molar-refractivity contribution in [2.45, 2.75) is 6.54 Å². The Morgan fingerprint density at radius 1 is 0.789 bits per heavy atom. The molecule has 1 fully saturated rings. The van der Waals surface area contributed by atoms with E-state index in [2.05, 4.69) is 49.4 Å². The maximum absolute atomic E-state index is 12.9. The summed E-state index contributed by atoms with van der Waals surface area (Å²) in [5.74, 6) is 0.792. The average molecular weight is 500 g/mol. The molecule has 0 unspecified atom stereocenters. The molecular formula is C32H29N5O. The molecule has 3 aromatic carbocycles. The van der Waals surface area contributed by atoms with E-state index in [1.165, 1.54) is 16.3 Å². The maximum Gasteiger partial charge on any atom is 0.255 e. The lowest BCUT2D eigenvalue weighted by atomic mass is 10.0. The Kier molecular flexibility index (Phi) is 6.79. The van der Waals surface area contributed by atoms with Crippen molar-refractivity contribution >= 4 is 28.2 Å². The fourth-order valence-corrected chi connectivity index (χ4v) is 5.02. The van der Waals surface area contributed by atoms with Crippen LogP contribution in [0, 0.1) is 0 Å². The minimum absolute atomic E-state index is 0.143. The summed E-state index contributed by atoms with van der Waals surface area (Å²) in [5.41, 5.74) is 4.75. The second kappa shape index (κ2) is 10.8. The standard InChI is InChI=1S/C32H29N5O/c38-32(26-9-4-8-25(20-26)24-6-2-1-3-7-24)35-29-12-13-31(34-22-29)37-18-16-36(17-19-37)23-28-11-5-10-27-21-33-15-14-30(27)28/h1-15,20-22H,16-19,23H2,(H,35,38). The van der Waals surface area contributed by atoms with Crippen molar-refractivity contribution in [3.8, 4) is 11.1 Å². The Morgan fingerprint density at radius 2 is 1.61 bits per heavy atom. The molecule has 0 radical (unpaired) electrons. The minimum Gasteiger partial charge on any atom is -0.354 e. The molecule has 0 bridgehead atoms. The van der Waals surface area contributed by atoms with Gasteiger partial charge in [0.1, 0.15) is 5.82 Å². The number of piperazine rings is 1. The van der Waals surface area contributed by atoms with Crippen LogP contribution >= 0.6 is 0 Å². The molecule has 0 saturated carbocycles. The highest BCUT2D eigenvalue weighted by Gasteiger charge is 2.19. The highest BCUT2D eigenvalue weighted by atomic mass is 16.1. The third-order valence-electron chi connectivity index (χ3n) is 7.10. The summed E-state index contributed by atoms with van der Waals surface area (Å²) in [6.45, 7) is 4.70. The van der Waals surface area contributed by atoms with Gasteiger partial charge in [0.25, 0.3) is 5.91 Å². The van der Waals surface area contributed by atoms with Gasteiger partial charge in [-0.2, -0.15) is 0 Å². The van der Waals surface area contributed by atoms with Crippen molar-refractivity contribution in [3.05, 3.63) is 121 Å². The number of anilines is 2. The second-order valence-corrected chi connectivity index (χ2v) is 9.58. The molecule has 1 N–H and O–H groups in total. The van der Waals surface area contributed by atoms with E-state index in [1.807, 2.05) is 79.1 Å². The topological polar surface area (TPSA) is 61.4 Å². The first kappa shape index (κ1) is 23.8. The van der Waals surface area contributed by atoms with Crippen molar-refractivity contribution in [1.82, 2.24) is 14.9 Å². The van der Waals surface area contributed by atoms with Gasteiger partial charge >= 0.3 is 0 Å². The second-order valence-electron chi connectivity index (χ2n) is 9.58. The van der Waals surface area contributed by atoms with Gasteiger partial charge in [-0.05, 0) is 52.4 Å². The molecule has 6 nitrogen and oxygen atoms in total. The zero-order chi connectivity index (χ0) is 25.7. The molecule has 0 aliphatic carbocycles. The van der Waals surface area contributed by atoms with Crippen LogP contribution < -0.4 is 10.2 Å². The van der Waals surface area contributed by atoms with Crippen LogP contribution in [0.3, 0.4) is 0 Å². The molecule has 2 aromatic heterocycles. The van der Waals surface area contributed by atoms with Crippen molar-refractivity contribution in [2.75, 3.05) is 36.4 Å². The number of amides is 1. The smallest absolute Gasteiger partial charge is 0.255 e. The van der Waals surface area contributed by atoms with Crippen molar-refractivity contribution in [2.24, 2.45) is 0 Å². The number of nitrogens with zero attached hydrogens (tertiary/aromatic N) is 4. The van der Waals surface area contributed by atoms with Crippen LogP contribution in [-0.4, -0.2) is 47.0 Å². The Hall–Kier alpha value is -4.55. The van der Waals surface area contributed by atoms with Crippen molar-refractivity contribution in [1.29, 1.82) is 0 Å². The third-order valence-corrected chi connectivity index (χ3v) is 7.10. The zero-order valence-electron chi connectivity index (χ0n) is 21.1. The lowest BCUT2D eigenvalue weighted by Crippen LogP contribution is -2.46. The van der Waals surface area contributed by atoms with Gasteiger partial charge in [0, 0.05) is 56.1 Å². The number of aromatic nitrogens is 2. The molecule has 6 heteroatoms. The summed E-state index contributed by atoms with van der Waals surface area (Å²) in [7, 11) is 0. The molecule has 6 rings (SSSR count). The van der Waals surface area contributed by atoms with Crippen LogP contribution in [0.25, 0.3) is 21.9 Å². The van der Waals surface area contributed by atoms with E-state index in [1.54, 1.807) is 6.20 Å². The Labute approximate surface area is 222 Å². The van der Waals surface area contributed by atoms with E-state index in [9.17, 15) is 4.79 Å². The van der Waals surface area contributed by atoms with Gasteiger partial charge in [-0.1, -0.05) is 60.7 Å². The van der Waals surface area contributed by atoms with Gasteiger partial charge < -0.3 is 10.2 Å². The Bertz CT molecular complexity index is 1540. The summed E-state index contributed by atoms with van der Waals surface area (Å²) >= 11 is 0. The molecule has 0 spiro atoms. The molecule has 0 atom stereocenters. The number of carbonyl (C=O) groups is 1. The van der Waals surface area contributed by atoms with Gasteiger partial charge in [0.05, 0.1) is 11.9 Å². The van der Waals surface area contributed by atoms with E-state index < -0.39 is 0 Å². The minimum atomic E-state index is -0.143. The summed E-state index contributed by atoms with van der Waals surface area (Å²) in [4.78, 5) is 26.6. The van der Waals surface area contributed by atoms with Gasteiger partial charge in [-0.25, -0.2) is 4.98 Å². The molecule has 1 aliphatic rings. The summed E-state index contributed by atoms with van der Waals surface area (Å²) in [6, 6.07) is 30.2. The number of hydrogen-bond donors (Lipinski definition) is 1. The zero-order valence-corrected chi connectivity index (χ0v) is 21.1. The monoisotopic (exact) mass is 499 g/mol. The van der Waals surface area contributed by atoms with E-state index in [4.69, 9.17) is 0 Å².